The van der Waals surface area contributed by atoms with Gasteiger partial charge < -0.3 is 20.6 Å². The van der Waals surface area contributed by atoms with Gasteiger partial charge in [-0.15, -0.1) is 0 Å². The highest BCUT2D eigenvalue weighted by atomic mass is 16.5. The van der Waals surface area contributed by atoms with Crippen molar-refractivity contribution in [1.29, 1.82) is 5.41 Å². The molecule has 2 unspecified atom stereocenters. The summed E-state index contributed by atoms with van der Waals surface area (Å²) in [7, 11) is 1.58. The molecule has 2 aromatic carbocycles. The number of allylic oxidation sites excluding steroid dienone is 3. The molecule has 154 valence electrons. The van der Waals surface area contributed by atoms with Crippen molar-refractivity contribution in [2.75, 3.05) is 12.4 Å². The van der Waals surface area contributed by atoms with Crippen molar-refractivity contribution < 1.29 is 14.6 Å². The highest BCUT2D eigenvalue weighted by Crippen LogP contribution is 2.26. The Hall–Kier alpha value is -3.60. The average Bonchev–Trinajstić information content (AvgIpc) is 2.79. The molecule has 0 bridgehead atoms. The number of anilines is 1. The fourth-order valence-corrected chi connectivity index (χ4v) is 3.31. The van der Waals surface area contributed by atoms with Crippen molar-refractivity contribution in [2.24, 2.45) is 5.92 Å². The van der Waals surface area contributed by atoms with Gasteiger partial charge in [0.05, 0.1) is 7.11 Å². The van der Waals surface area contributed by atoms with Crippen molar-refractivity contribution in [3.05, 3.63) is 89.7 Å². The van der Waals surface area contributed by atoms with E-state index in [1.54, 1.807) is 37.4 Å². The standard InChI is InChI=1S/C25H26N2O3/c1-17-11-13-19(14-12-17)23(27-20-9-6-10-21(15-20)30-2)25(29)24(28)22(16-26)18-7-4-3-5-8-18/h3-11,13-17,23,26-28H,12H2,1-2H3/b24-22+,26-16?. The zero-order chi connectivity index (χ0) is 21.5. The Labute approximate surface area is 176 Å². The third-order valence-corrected chi connectivity index (χ3v) is 5.04. The van der Waals surface area contributed by atoms with Gasteiger partial charge in [-0.3, -0.25) is 4.79 Å². The van der Waals surface area contributed by atoms with E-state index in [4.69, 9.17) is 10.1 Å². The minimum absolute atomic E-state index is 0.187. The molecule has 5 nitrogen and oxygen atoms in total. The van der Waals surface area contributed by atoms with Gasteiger partial charge in [0.1, 0.15) is 11.8 Å². The van der Waals surface area contributed by atoms with Crippen LogP contribution < -0.4 is 10.1 Å². The molecule has 3 N–H and O–H groups in total. The molecule has 3 rings (SSSR count). The maximum Gasteiger partial charge on any atom is 0.224 e. The number of aliphatic hydroxyl groups is 1. The van der Waals surface area contributed by atoms with Crippen LogP contribution in [0.4, 0.5) is 5.69 Å². The predicted octanol–water partition coefficient (Wildman–Crippen LogP) is 5.19. The van der Waals surface area contributed by atoms with E-state index >= 15 is 0 Å². The average molecular weight is 402 g/mol. The monoisotopic (exact) mass is 402 g/mol. The molecule has 0 aliphatic heterocycles. The Kier molecular flexibility index (Phi) is 6.86. The molecule has 0 fully saturated rings. The Morgan fingerprint density at radius 2 is 2.00 bits per heavy atom. The number of aliphatic hydroxyl groups excluding tert-OH is 1. The Bertz CT molecular complexity index is 1010. The number of carbonyl (C=O) groups is 1. The van der Waals surface area contributed by atoms with E-state index in [1.807, 2.05) is 36.4 Å². The molecule has 5 heteroatoms. The lowest BCUT2D eigenvalue weighted by Crippen LogP contribution is -2.33. The van der Waals surface area contributed by atoms with Crippen LogP contribution in [0.25, 0.3) is 5.57 Å². The third-order valence-electron chi connectivity index (χ3n) is 5.04. The van der Waals surface area contributed by atoms with E-state index in [2.05, 4.69) is 18.3 Å². The molecule has 0 amide bonds. The molecule has 0 saturated carbocycles. The van der Waals surface area contributed by atoms with Gasteiger partial charge in [-0.1, -0.05) is 61.5 Å². The molecule has 0 radical (unpaired) electrons. The molecule has 0 saturated heterocycles. The maximum atomic E-state index is 13.4. The first kappa shape index (κ1) is 21.1. The van der Waals surface area contributed by atoms with Gasteiger partial charge in [-0.25, -0.2) is 0 Å². The van der Waals surface area contributed by atoms with Crippen molar-refractivity contribution in [2.45, 2.75) is 19.4 Å². The lowest BCUT2D eigenvalue weighted by molar-refractivity contribution is -0.117. The highest BCUT2D eigenvalue weighted by molar-refractivity contribution is 6.19. The number of rotatable bonds is 8. The van der Waals surface area contributed by atoms with Gasteiger partial charge in [0, 0.05) is 23.5 Å². The molecular formula is C25H26N2O3. The fourth-order valence-electron chi connectivity index (χ4n) is 3.31. The lowest BCUT2D eigenvalue weighted by atomic mass is 9.90. The van der Waals surface area contributed by atoms with Crippen LogP contribution in [-0.4, -0.2) is 30.3 Å². The van der Waals surface area contributed by atoms with Crippen LogP contribution in [0, 0.1) is 11.3 Å². The molecule has 2 aromatic rings. The summed E-state index contributed by atoms with van der Waals surface area (Å²) in [6, 6.07) is 15.5. The van der Waals surface area contributed by atoms with Gasteiger partial charge in [-0.05, 0) is 35.6 Å². The Morgan fingerprint density at radius 3 is 2.63 bits per heavy atom. The molecule has 30 heavy (non-hydrogen) atoms. The van der Waals surface area contributed by atoms with Crippen molar-refractivity contribution in [1.82, 2.24) is 0 Å². The number of hydrogen-bond donors (Lipinski definition) is 3. The number of nitrogens with one attached hydrogen (secondary N) is 2. The first-order chi connectivity index (χ1) is 14.5. The zero-order valence-electron chi connectivity index (χ0n) is 17.1. The number of ether oxygens (including phenoxy) is 1. The van der Waals surface area contributed by atoms with E-state index in [-0.39, 0.29) is 5.57 Å². The van der Waals surface area contributed by atoms with E-state index in [0.717, 1.165) is 18.2 Å². The zero-order valence-corrected chi connectivity index (χ0v) is 17.1. The number of benzene rings is 2. The van der Waals surface area contributed by atoms with Gasteiger partial charge in [0.2, 0.25) is 5.78 Å². The molecule has 1 aliphatic carbocycles. The van der Waals surface area contributed by atoms with Crippen LogP contribution in [0.5, 0.6) is 5.75 Å². The number of ketones is 1. The quantitative estimate of drug-likeness (QED) is 0.323. The van der Waals surface area contributed by atoms with Gasteiger partial charge in [0.15, 0.2) is 5.76 Å². The first-order valence-electron chi connectivity index (χ1n) is 9.85. The third kappa shape index (κ3) is 4.87. The molecule has 0 heterocycles. The van der Waals surface area contributed by atoms with Gasteiger partial charge in [0.25, 0.3) is 0 Å². The minimum atomic E-state index is -0.792. The molecular weight excluding hydrogens is 376 g/mol. The van der Waals surface area contributed by atoms with Crippen LogP contribution in [0.1, 0.15) is 18.9 Å². The first-order valence-corrected chi connectivity index (χ1v) is 9.85. The Balaban J connectivity index is 2.00. The normalized spacial score (nSPS) is 17.4. The van der Waals surface area contributed by atoms with Crippen molar-refractivity contribution in [3.8, 4) is 5.75 Å². The van der Waals surface area contributed by atoms with E-state index in [1.165, 1.54) is 0 Å². The highest BCUT2D eigenvalue weighted by Gasteiger charge is 2.28. The summed E-state index contributed by atoms with van der Waals surface area (Å²) in [6.07, 6.45) is 7.82. The van der Waals surface area contributed by atoms with E-state index in [0.29, 0.717) is 22.9 Å². The summed E-state index contributed by atoms with van der Waals surface area (Å²) in [6.45, 7) is 2.11. The van der Waals surface area contributed by atoms with Gasteiger partial charge >= 0.3 is 0 Å². The molecule has 2 atom stereocenters. The Morgan fingerprint density at radius 1 is 1.23 bits per heavy atom. The summed E-state index contributed by atoms with van der Waals surface area (Å²) in [4.78, 5) is 13.4. The van der Waals surface area contributed by atoms with Crippen LogP contribution >= 0.6 is 0 Å². The minimum Gasteiger partial charge on any atom is -0.504 e. The summed E-state index contributed by atoms with van der Waals surface area (Å²) < 4.78 is 5.28. The molecule has 0 aromatic heterocycles. The van der Waals surface area contributed by atoms with Gasteiger partial charge in [-0.2, -0.15) is 0 Å². The van der Waals surface area contributed by atoms with Crippen LogP contribution in [-0.2, 0) is 4.79 Å². The van der Waals surface area contributed by atoms with E-state index in [9.17, 15) is 9.90 Å². The number of methoxy groups -OCH3 is 1. The smallest absolute Gasteiger partial charge is 0.224 e. The van der Waals surface area contributed by atoms with E-state index < -0.39 is 17.6 Å². The second-order valence-electron chi connectivity index (χ2n) is 7.22. The summed E-state index contributed by atoms with van der Waals surface area (Å²) in [5.74, 6) is 0.124. The number of carbonyl (C=O) groups excluding carboxylic acids is 1. The van der Waals surface area contributed by atoms with Crippen LogP contribution in [0.2, 0.25) is 0 Å². The number of Topliss-reactive ketones (excluding diaryl/α,β-unsaturated/α-hetero) is 1. The van der Waals surface area contributed by atoms with Crippen LogP contribution in [0.15, 0.2) is 84.2 Å². The van der Waals surface area contributed by atoms with Crippen molar-refractivity contribution >= 4 is 23.3 Å². The molecule has 0 spiro atoms. The SMILES string of the molecule is COc1cccc(NC(C(=O)/C(O)=C(/C=N)c2ccccc2)C2=CCC(C)C=C2)c1. The predicted molar refractivity (Wildman–Crippen MR) is 121 cm³/mol. The summed E-state index contributed by atoms with van der Waals surface area (Å²) in [5, 5.41) is 21.8. The second kappa shape index (κ2) is 9.74. The van der Waals surface area contributed by atoms with Crippen LogP contribution in [0.3, 0.4) is 0 Å². The molecule has 1 aliphatic rings. The topological polar surface area (TPSA) is 82.4 Å². The maximum absolute atomic E-state index is 13.4. The lowest BCUT2D eigenvalue weighted by Gasteiger charge is -2.23. The number of hydrogen-bond acceptors (Lipinski definition) is 5. The summed E-state index contributed by atoms with van der Waals surface area (Å²) >= 11 is 0. The fraction of sp³-hybridized carbons (Fsp3) is 0.200. The largest absolute Gasteiger partial charge is 0.504 e. The second-order valence-corrected chi connectivity index (χ2v) is 7.22. The summed E-state index contributed by atoms with van der Waals surface area (Å²) in [5.41, 5.74) is 2.28. The van der Waals surface area contributed by atoms with Crippen molar-refractivity contribution in [3.63, 3.8) is 0 Å².